The number of aliphatic hydroxyl groups excluding tert-OH is 1. The third-order valence-electron chi connectivity index (χ3n) is 4.02. The van der Waals surface area contributed by atoms with E-state index in [2.05, 4.69) is 5.32 Å². The molecule has 3 nitrogen and oxygen atoms in total. The van der Waals surface area contributed by atoms with Crippen molar-refractivity contribution in [2.45, 2.75) is 57.2 Å². The fourth-order valence-electron chi connectivity index (χ4n) is 2.75. The molecule has 18 heavy (non-hydrogen) atoms. The molecule has 0 saturated heterocycles. The van der Waals surface area contributed by atoms with E-state index in [1.165, 1.54) is 25.7 Å². The number of amides is 1. The maximum absolute atomic E-state index is 12.1. The number of carbonyl (C=O) groups is 1. The summed E-state index contributed by atoms with van der Waals surface area (Å²) in [4.78, 5) is 12.1. The van der Waals surface area contributed by atoms with Crippen molar-refractivity contribution in [1.29, 1.82) is 0 Å². The van der Waals surface area contributed by atoms with Crippen LogP contribution in [0.4, 0.5) is 0 Å². The van der Waals surface area contributed by atoms with Crippen LogP contribution in [0.1, 0.15) is 46.0 Å². The van der Waals surface area contributed by atoms with Crippen LogP contribution in [0.15, 0.2) is 0 Å². The number of hydrogen-bond acceptors (Lipinski definition) is 3. The molecule has 0 aliphatic heterocycles. The Kier molecular flexibility index (Phi) is 7.08. The van der Waals surface area contributed by atoms with Crippen molar-refractivity contribution >= 4 is 17.7 Å². The second-order valence-electron chi connectivity index (χ2n) is 5.54. The van der Waals surface area contributed by atoms with Crippen LogP contribution >= 0.6 is 11.8 Å². The molecule has 0 aromatic rings. The number of hydrogen-bond donors (Lipinski definition) is 2. The van der Waals surface area contributed by atoms with Gasteiger partial charge in [-0.3, -0.25) is 4.79 Å². The fourth-order valence-corrected chi connectivity index (χ4v) is 3.37. The molecule has 4 heteroatoms. The van der Waals surface area contributed by atoms with Gasteiger partial charge in [0.15, 0.2) is 0 Å². The Labute approximate surface area is 115 Å². The number of rotatable bonds is 7. The van der Waals surface area contributed by atoms with E-state index in [-0.39, 0.29) is 29.7 Å². The average Bonchev–Trinajstić information content (AvgIpc) is 2.83. The predicted molar refractivity (Wildman–Crippen MR) is 77.7 cm³/mol. The van der Waals surface area contributed by atoms with E-state index >= 15 is 0 Å². The normalized spacial score (nSPS) is 21.6. The number of nitrogens with one attached hydrogen (secondary N) is 1. The maximum Gasteiger partial charge on any atom is 0.223 e. The van der Waals surface area contributed by atoms with Gasteiger partial charge in [-0.05, 0) is 25.5 Å². The van der Waals surface area contributed by atoms with Gasteiger partial charge in [0, 0.05) is 17.2 Å². The van der Waals surface area contributed by atoms with Crippen LogP contribution in [0, 0.1) is 11.8 Å². The highest BCUT2D eigenvalue weighted by atomic mass is 32.2. The Hall–Kier alpha value is -0.220. The molecule has 0 heterocycles. The summed E-state index contributed by atoms with van der Waals surface area (Å²) < 4.78 is 0. The van der Waals surface area contributed by atoms with Crippen LogP contribution in [0.25, 0.3) is 0 Å². The van der Waals surface area contributed by atoms with Crippen LogP contribution in [-0.2, 0) is 4.79 Å². The summed E-state index contributed by atoms with van der Waals surface area (Å²) in [6.07, 6.45) is 8.21. The van der Waals surface area contributed by atoms with Crippen molar-refractivity contribution in [1.82, 2.24) is 5.32 Å². The molecule has 1 aliphatic carbocycles. The maximum atomic E-state index is 12.1. The molecule has 0 aromatic heterocycles. The Bertz CT molecular complexity index is 250. The minimum Gasteiger partial charge on any atom is -0.395 e. The fraction of sp³-hybridized carbons (Fsp3) is 0.929. The van der Waals surface area contributed by atoms with E-state index in [4.69, 9.17) is 0 Å². The third kappa shape index (κ3) is 4.81. The standard InChI is InChI=1S/C14H27NO2S/c1-10(8-12-6-4-5-7-12)14(17)15-11(2)13(9-16)18-3/h10-13,16H,4-9H2,1-3H3,(H,15,17). The number of carbonyl (C=O) groups excluding carboxylic acids is 1. The molecule has 3 atom stereocenters. The zero-order valence-corrected chi connectivity index (χ0v) is 12.6. The molecule has 0 spiro atoms. The summed E-state index contributed by atoms with van der Waals surface area (Å²) in [7, 11) is 0. The highest BCUT2D eigenvalue weighted by Gasteiger charge is 2.24. The summed E-state index contributed by atoms with van der Waals surface area (Å²) in [6.45, 7) is 4.10. The summed E-state index contributed by atoms with van der Waals surface area (Å²) in [6, 6.07) is 0.0310. The Balaban J connectivity index is 2.33. The zero-order chi connectivity index (χ0) is 13.5. The molecule has 0 bridgehead atoms. The van der Waals surface area contributed by atoms with Gasteiger partial charge < -0.3 is 10.4 Å². The van der Waals surface area contributed by atoms with Crippen LogP contribution in [0.2, 0.25) is 0 Å². The first kappa shape index (κ1) is 15.8. The molecular weight excluding hydrogens is 246 g/mol. The van der Waals surface area contributed by atoms with Gasteiger partial charge >= 0.3 is 0 Å². The van der Waals surface area contributed by atoms with Gasteiger partial charge in [-0.1, -0.05) is 32.6 Å². The topological polar surface area (TPSA) is 49.3 Å². The Morgan fingerprint density at radius 2 is 2.00 bits per heavy atom. The smallest absolute Gasteiger partial charge is 0.223 e. The van der Waals surface area contributed by atoms with Crippen molar-refractivity contribution in [3.8, 4) is 0 Å². The van der Waals surface area contributed by atoms with Gasteiger partial charge in [-0.25, -0.2) is 0 Å². The number of thioether (sulfide) groups is 1. The molecular formula is C14H27NO2S. The molecule has 106 valence electrons. The van der Waals surface area contributed by atoms with E-state index in [1.807, 2.05) is 20.1 Å². The van der Waals surface area contributed by atoms with Gasteiger partial charge in [0.1, 0.15) is 0 Å². The van der Waals surface area contributed by atoms with Crippen molar-refractivity contribution in [2.24, 2.45) is 11.8 Å². The summed E-state index contributed by atoms with van der Waals surface area (Å²) in [5.41, 5.74) is 0. The monoisotopic (exact) mass is 273 g/mol. The quantitative estimate of drug-likeness (QED) is 0.749. The molecule has 1 aliphatic rings. The predicted octanol–water partition coefficient (Wildman–Crippen LogP) is 2.43. The van der Waals surface area contributed by atoms with Crippen LogP contribution in [0.5, 0.6) is 0 Å². The molecule has 1 fully saturated rings. The second-order valence-corrected chi connectivity index (χ2v) is 6.62. The largest absolute Gasteiger partial charge is 0.395 e. The van der Waals surface area contributed by atoms with Crippen LogP contribution < -0.4 is 5.32 Å². The SMILES string of the molecule is CSC(CO)C(C)NC(=O)C(C)CC1CCCC1. The van der Waals surface area contributed by atoms with Crippen molar-refractivity contribution in [3.05, 3.63) is 0 Å². The third-order valence-corrected chi connectivity index (χ3v) is 5.18. The first-order chi connectivity index (χ1) is 8.58. The van der Waals surface area contributed by atoms with E-state index < -0.39 is 0 Å². The van der Waals surface area contributed by atoms with Crippen molar-refractivity contribution < 1.29 is 9.90 Å². The van der Waals surface area contributed by atoms with Crippen LogP contribution in [0.3, 0.4) is 0 Å². The molecule has 2 N–H and O–H groups in total. The molecule has 1 rings (SSSR count). The first-order valence-electron chi connectivity index (χ1n) is 7.02. The van der Waals surface area contributed by atoms with E-state index in [1.54, 1.807) is 11.8 Å². The lowest BCUT2D eigenvalue weighted by Crippen LogP contribution is -2.43. The summed E-state index contributed by atoms with van der Waals surface area (Å²) >= 11 is 1.60. The first-order valence-corrected chi connectivity index (χ1v) is 8.31. The summed E-state index contributed by atoms with van der Waals surface area (Å²) in [5, 5.41) is 12.3. The van der Waals surface area contributed by atoms with E-state index in [0.29, 0.717) is 0 Å². The molecule has 1 saturated carbocycles. The van der Waals surface area contributed by atoms with Gasteiger partial charge in [0.2, 0.25) is 5.91 Å². The highest BCUT2D eigenvalue weighted by molar-refractivity contribution is 7.99. The lowest BCUT2D eigenvalue weighted by Gasteiger charge is -2.24. The van der Waals surface area contributed by atoms with Crippen molar-refractivity contribution in [3.63, 3.8) is 0 Å². The van der Waals surface area contributed by atoms with Crippen LogP contribution in [-0.4, -0.2) is 35.2 Å². The molecule has 0 radical (unpaired) electrons. The minimum atomic E-state index is 0.0310. The summed E-state index contributed by atoms with van der Waals surface area (Å²) in [5.74, 6) is 0.980. The van der Waals surface area contributed by atoms with E-state index in [9.17, 15) is 9.90 Å². The van der Waals surface area contributed by atoms with Crippen molar-refractivity contribution in [2.75, 3.05) is 12.9 Å². The number of aliphatic hydroxyl groups is 1. The Morgan fingerprint density at radius 1 is 1.39 bits per heavy atom. The zero-order valence-electron chi connectivity index (χ0n) is 11.8. The molecule has 3 unspecified atom stereocenters. The minimum absolute atomic E-state index is 0.0310. The average molecular weight is 273 g/mol. The van der Waals surface area contributed by atoms with Gasteiger partial charge in [-0.15, -0.1) is 0 Å². The lowest BCUT2D eigenvalue weighted by atomic mass is 9.94. The molecule has 0 aromatic carbocycles. The second kappa shape index (κ2) is 8.05. The highest BCUT2D eigenvalue weighted by Crippen LogP contribution is 2.30. The lowest BCUT2D eigenvalue weighted by molar-refractivity contribution is -0.125. The van der Waals surface area contributed by atoms with Gasteiger partial charge in [0.25, 0.3) is 0 Å². The van der Waals surface area contributed by atoms with Gasteiger partial charge in [0.05, 0.1) is 6.61 Å². The van der Waals surface area contributed by atoms with E-state index in [0.717, 1.165) is 12.3 Å². The molecule has 1 amide bonds. The van der Waals surface area contributed by atoms with Gasteiger partial charge in [-0.2, -0.15) is 11.8 Å². The Morgan fingerprint density at radius 3 is 2.50 bits per heavy atom.